The van der Waals surface area contributed by atoms with Crippen LogP contribution in [0.25, 0.3) is 10.9 Å². The fraction of sp³-hybridized carbons (Fsp3) is 0.375. The van der Waals surface area contributed by atoms with Crippen molar-refractivity contribution in [3.8, 4) is 5.75 Å². The molecule has 3 rings (SSSR count). The molecule has 1 saturated carbocycles. The molecular weight excluding hydrogens is 290 g/mol. The zero-order chi connectivity index (χ0) is 15.0. The first-order valence-corrected chi connectivity index (χ1v) is 7.41. The Morgan fingerprint density at radius 3 is 2.81 bits per heavy atom. The second-order valence-electron chi connectivity index (χ2n) is 5.14. The van der Waals surface area contributed by atoms with Gasteiger partial charge in [-0.05, 0) is 44.9 Å². The number of nitrogens with zero attached hydrogens (tertiary/aromatic N) is 1. The molecule has 0 atom stereocenters. The molecule has 1 fully saturated rings. The van der Waals surface area contributed by atoms with Gasteiger partial charge in [0, 0.05) is 5.39 Å². The number of carbonyl (C=O) groups is 1. The average Bonchev–Trinajstić information content (AvgIpc) is 3.25. The number of hydrogen-bond acceptors (Lipinski definition) is 4. The Hall–Kier alpha value is -1.81. The number of aryl methyl sites for hydroxylation is 1. The van der Waals surface area contributed by atoms with E-state index in [0.717, 1.165) is 29.4 Å². The van der Waals surface area contributed by atoms with Gasteiger partial charge in [-0.2, -0.15) is 0 Å². The number of rotatable bonds is 4. The van der Waals surface area contributed by atoms with Gasteiger partial charge in [0.15, 0.2) is 0 Å². The summed E-state index contributed by atoms with van der Waals surface area (Å²) in [6.07, 6.45) is 2.30. The number of esters is 1. The van der Waals surface area contributed by atoms with Crippen LogP contribution in [0.2, 0.25) is 5.02 Å². The van der Waals surface area contributed by atoms with Crippen LogP contribution in [-0.2, 0) is 4.74 Å². The number of ether oxygens (including phenoxy) is 2. The molecule has 0 bridgehead atoms. The molecule has 0 N–H and O–H groups in total. The molecule has 1 aromatic carbocycles. The van der Waals surface area contributed by atoms with Crippen molar-refractivity contribution in [2.45, 2.75) is 32.8 Å². The van der Waals surface area contributed by atoms with Crippen molar-refractivity contribution in [3.63, 3.8) is 0 Å². The molecule has 0 saturated heterocycles. The smallest absolute Gasteiger partial charge is 0.338 e. The molecule has 110 valence electrons. The number of carbonyl (C=O) groups excluding carboxylic acids is 1. The Labute approximate surface area is 128 Å². The topological polar surface area (TPSA) is 48.4 Å². The molecule has 0 amide bonds. The molecule has 1 aliphatic rings. The molecule has 1 heterocycles. The molecule has 4 nitrogen and oxygen atoms in total. The van der Waals surface area contributed by atoms with Crippen LogP contribution in [0.15, 0.2) is 18.2 Å². The van der Waals surface area contributed by atoms with Gasteiger partial charge in [0.25, 0.3) is 0 Å². The molecular formula is C16H16ClNO3. The largest absolute Gasteiger partial charge is 0.488 e. The van der Waals surface area contributed by atoms with Gasteiger partial charge in [-0.3, -0.25) is 0 Å². The van der Waals surface area contributed by atoms with E-state index >= 15 is 0 Å². The summed E-state index contributed by atoms with van der Waals surface area (Å²) in [6, 6.07) is 5.26. The lowest BCUT2D eigenvalue weighted by Crippen LogP contribution is -2.06. The van der Waals surface area contributed by atoms with Gasteiger partial charge in [-0.25, -0.2) is 9.78 Å². The van der Waals surface area contributed by atoms with Crippen molar-refractivity contribution in [3.05, 3.63) is 34.5 Å². The van der Waals surface area contributed by atoms with E-state index in [1.165, 1.54) is 0 Å². The Morgan fingerprint density at radius 1 is 1.38 bits per heavy atom. The highest BCUT2D eigenvalue weighted by molar-refractivity contribution is 6.31. The molecule has 0 aliphatic heterocycles. The molecule has 0 radical (unpaired) electrons. The SMILES string of the molecule is CCOC(=O)c1cc(OC2CC2)c2nc(C)c(Cl)cc2c1. The number of fused-ring (bicyclic) bond motifs is 1. The van der Waals surface area contributed by atoms with E-state index in [-0.39, 0.29) is 12.1 Å². The molecule has 1 aromatic heterocycles. The van der Waals surface area contributed by atoms with E-state index in [0.29, 0.717) is 22.9 Å². The monoisotopic (exact) mass is 305 g/mol. The third-order valence-electron chi connectivity index (χ3n) is 3.34. The number of halogens is 1. The lowest BCUT2D eigenvalue weighted by atomic mass is 10.1. The Balaban J connectivity index is 2.13. The third kappa shape index (κ3) is 2.95. The number of benzene rings is 1. The summed E-state index contributed by atoms with van der Waals surface area (Å²) in [4.78, 5) is 16.5. The van der Waals surface area contributed by atoms with Crippen LogP contribution < -0.4 is 4.74 Å². The third-order valence-corrected chi connectivity index (χ3v) is 3.72. The van der Waals surface area contributed by atoms with Gasteiger partial charge in [0.2, 0.25) is 0 Å². The lowest BCUT2D eigenvalue weighted by molar-refractivity contribution is 0.0526. The fourth-order valence-corrected chi connectivity index (χ4v) is 2.27. The van der Waals surface area contributed by atoms with Gasteiger partial charge in [0.1, 0.15) is 11.3 Å². The first kappa shape index (κ1) is 14.1. The fourth-order valence-electron chi connectivity index (χ4n) is 2.11. The van der Waals surface area contributed by atoms with Crippen LogP contribution in [0.5, 0.6) is 5.75 Å². The van der Waals surface area contributed by atoms with E-state index in [2.05, 4.69) is 4.98 Å². The summed E-state index contributed by atoms with van der Waals surface area (Å²) in [5.74, 6) is 0.259. The Morgan fingerprint density at radius 2 is 2.14 bits per heavy atom. The molecule has 0 unspecified atom stereocenters. The molecule has 0 spiro atoms. The van der Waals surface area contributed by atoms with Crippen molar-refractivity contribution in [1.82, 2.24) is 4.98 Å². The highest BCUT2D eigenvalue weighted by atomic mass is 35.5. The maximum Gasteiger partial charge on any atom is 0.338 e. The van der Waals surface area contributed by atoms with Gasteiger partial charge in [0.05, 0.1) is 29.0 Å². The normalized spacial score (nSPS) is 14.2. The maximum atomic E-state index is 12.0. The van der Waals surface area contributed by atoms with Crippen LogP contribution in [0.1, 0.15) is 35.8 Å². The van der Waals surface area contributed by atoms with Crippen LogP contribution in [0.4, 0.5) is 0 Å². The van der Waals surface area contributed by atoms with Gasteiger partial charge < -0.3 is 9.47 Å². The summed E-state index contributed by atoms with van der Waals surface area (Å²) >= 11 is 6.13. The lowest BCUT2D eigenvalue weighted by Gasteiger charge is -2.11. The first-order valence-electron chi connectivity index (χ1n) is 7.03. The molecule has 5 heteroatoms. The zero-order valence-corrected chi connectivity index (χ0v) is 12.7. The number of hydrogen-bond donors (Lipinski definition) is 0. The summed E-state index contributed by atoms with van der Waals surface area (Å²) in [5.41, 5.74) is 1.94. The van der Waals surface area contributed by atoms with E-state index in [1.807, 2.05) is 13.0 Å². The van der Waals surface area contributed by atoms with Gasteiger partial charge >= 0.3 is 5.97 Å². The van der Waals surface area contributed by atoms with Crippen molar-refractivity contribution >= 4 is 28.5 Å². The standard InChI is InChI=1S/C16H16ClNO3/c1-3-20-16(19)11-6-10-7-13(17)9(2)18-15(10)14(8-11)21-12-4-5-12/h6-8,12H,3-5H2,1-2H3. The van der Waals surface area contributed by atoms with Gasteiger partial charge in [-0.1, -0.05) is 11.6 Å². The molecule has 21 heavy (non-hydrogen) atoms. The summed E-state index contributed by atoms with van der Waals surface area (Å²) in [5, 5.41) is 1.35. The molecule has 1 aliphatic carbocycles. The van der Waals surface area contributed by atoms with Crippen LogP contribution in [0.3, 0.4) is 0 Å². The van der Waals surface area contributed by atoms with Gasteiger partial charge in [-0.15, -0.1) is 0 Å². The van der Waals surface area contributed by atoms with E-state index in [4.69, 9.17) is 21.1 Å². The van der Waals surface area contributed by atoms with Crippen molar-refractivity contribution in [1.29, 1.82) is 0 Å². The van der Waals surface area contributed by atoms with Crippen molar-refractivity contribution < 1.29 is 14.3 Å². The second-order valence-corrected chi connectivity index (χ2v) is 5.55. The predicted molar refractivity (Wildman–Crippen MR) is 81.1 cm³/mol. The first-order chi connectivity index (χ1) is 10.1. The predicted octanol–water partition coefficient (Wildman–Crippen LogP) is 3.91. The van der Waals surface area contributed by atoms with Crippen LogP contribution in [0, 0.1) is 6.92 Å². The minimum absolute atomic E-state index is 0.225. The summed E-state index contributed by atoms with van der Waals surface area (Å²) in [7, 11) is 0. The second kappa shape index (κ2) is 5.53. The Kier molecular flexibility index (Phi) is 3.72. The van der Waals surface area contributed by atoms with Crippen LogP contribution in [-0.4, -0.2) is 23.7 Å². The number of pyridine rings is 1. The molecule has 2 aromatic rings. The van der Waals surface area contributed by atoms with Crippen molar-refractivity contribution in [2.24, 2.45) is 0 Å². The minimum atomic E-state index is -0.364. The average molecular weight is 306 g/mol. The highest BCUT2D eigenvalue weighted by Crippen LogP contribution is 2.34. The van der Waals surface area contributed by atoms with E-state index < -0.39 is 0 Å². The summed E-state index contributed by atoms with van der Waals surface area (Å²) < 4.78 is 10.9. The highest BCUT2D eigenvalue weighted by Gasteiger charge is 2.25. The minimum Gasteiger partial charge on any atom is -0.488 e. The van der Waals surface area contributed by atoms with E-state index in [9.17, 15) is 4.79 Å². The van der Waals surface area contributed by atoms with E-state index in [1.54, 1.807) is 19.1 Å². The zero-order valence-electron chi connectivity index (χ0n) is 12.0. The van der Waals surface area contributed by atoms with Crippen LogP contribution >= 0.6 is 11.6 Å². The number of aromatic nitrogens is 1. The maximum absolute atomic E-state index is 12.0. The summed E-state index contributed by atoms with van der Waals surface area (Å²) in [6.45, 7) is 3.97. The quantitative estimate of drug-likeness (QED) is 0.803. The van der Waals surface area contributed by atoms with Crippen molar-refractivity contribution in [2.75, 3.05) is 6.61 Å². The Bertz CT molecular complexity index is 710.